The van der Waals surface area contributed by atoms with Crippen LogP contribution in [0.25, 0.3) is 0 Å². The summed E-state index contributed by atoms with van der Waals surface area (Å²) in [7, 11) is 1.67. The number of nitrogens with two attached hydrogens (primary N) is 1. The first kappa shape index (κ1) is 12.5. The van der Waals surface area contributed by atoms with Crippen LogP contribution < -0.4 is 10.6 Å². The third-order valence-electron chi connectivity index (χ3n) is 2.51. The Morgan fingerprint density at radius 1 is 1.50 bits per heavy atom. The van der Waals surface area contributed by atoms with Crippen LogP contribution in [0.4, 0.5) is 11.4 Å². The van der Waals surface area contributed by atoms with Gasteiger partial charge in [0.2, 0.25) is 0 Å². The molecule has 0 bridgehead atoms. The number of hydrogen-bond donors (Lipinski definition) is 1. The largest absolute Gasteiger partial charge is 0.398 e. The number of carbonyl (C=O) groups excluding carboxylic acids is 1. The predicted molar refractivity (Wildman–Crippen MR) is 66.0 cm³/mol. The van der Waals surface area contributed by atoms with E-state index in [-0.39, 0.29) is 0 Å². The van der Waals surface area contributed by atoms with Gasteiger partial charge < -0.3 is 15.4 Å². The molecule has 1 aromatic carbocycles. The van der Waals surface area contributed by atoms with E-state index in [4.69, 9.17) is 10.5 Å². The molecule has 88 valence electrons. The zero-order valence-corrected chi connectivity index (χ0v) is 9.77. The normalized spacial score (nSPS) is 10.1. The standard InChI is InChI=1S/C12H18N2O2/c1-3-14(6-7-16-2)11-4-5-12(13)10(8-11)9-15/h4-5,8-9H,3,6-7,13H2,1-2H3. The van der Waals surface area contributed by atoms with E-state index in [0.717, 1.165) is 25.1 Å². The van der Waals surface area contributed by atoms with E-state index >= 15 is 0 Å². The van der Waals surface area contributed by atoms with E-state index in [1.807, 2.05) is 12.1 Å². The van der Waals surface area contributed by atoms with Crippen molar-refractivity contribution >= 4 is 17.7 Å². The highest BCUT2D eigenvalue weighted by molar-refractivity contribution is 5.85. The lowest BCUT2D eigenvalue weighted by molar-refractivity contribution is 0.112. The zero-order chi connectivity index (χ0) is 12.0. The summed E-state index contributed by atoms with van der Waals surface area (Å²) >= 11 is 0. The molecule has 16 heavy (non-hydrogen) atoms. The van der Waals surface area contributed by atoms with Crippen molar-refractivity contribution in [1.29, 1.82) is 0 Å². The summed E-state index contributed by atoms with van der Waals surface area (Å²) in [6.45, 7) is 4.39. The van der Waals surface area contributed by atoms with Crippen LogP contribution >= 0.6 is 0 Å². The minimum absolute atomic E-state index is 0.515. The molecule has 0 aliphatic carbocycles. The van der Waals surface area contributed by atoms with Crippen LogP contribution in [-0.4, -0.2) is 33.1 Å². The highest BCUT2D eigenvalue weighted by Gasteiger charge is 2.06. The molecule has 0 amide bonds. The van der Waals surface area contributed by atoms with E-state index in [9.17, 15) is 4.79 Å². The van der Waals surface area contributed by atoms with Crippen LogP contribution in [0.1, 0.15) is 17.3 Å². The second-order valence-corrected chi connectivity index (χ2v) is 3.50. The molecule has 0 saturated carbocycles. The second-order valence-electron chi connectivity index (χ2n) is 3.50. The molecule has 0 aliphatic heterocycles. The van der Waals surface area contributed by atoms with E-state index in [1.165, 1.54) is 0 Å². The van der Waals surface area contributed by atoms with Crippen LogP contribution in [-0.2, 0) is 4.74 Å². The van der Waals surface area contributed by atoms with Gasteiger partial charge in [0.05, 0.1) is 6.61 Å². The van der Waals surface area contributed by atoms with Gasteiger partial charge in [0.1, 0.15) is 0 Å². The van der Waals surface area contributed by atoms with E-state index in [0.29, 0.717) is 17.9 Å². The maximum atomic E-state index is 10.8. The Labute approximate surface area is 96.0 Å². The van der Waals surface area contributed by atoms with E-state index in [1.54, 1.807) is 13.2 Å². The molecule has 2 N–H and O–H groups in total. The summed E-state index contributed by atoms with van der Waals surface area (Å²) in [5.41, 5.74) is 7.71. The average Bonchev–Trinajstić information content (AvgIpc) is 2.32. The second kappa shape index (κ2) is 6.12. The van der Waals surface area contributed by atoms with Gasteiger partial charge in [-0.25, -0.2) is 0 Å². The highest BCUT2D eigenvalue weighted by Crippen LogP contribution is 2.19. The quantitative estimate of drug-likeness (QED) is 0.586. The fraction of sp³-hybridized carbons (Fsp3) is 0.417. The smallest absolute Gasteiger partial charge is 0.152 e. The van der Waals surface area contributed by atoms with Crippen molar-refractivity contribution in [3.8, 4) is 0 Å². The maximum Gasteiger partial charge on any atom is 0.152 e. The number of likely N-dealkylation sites (N-methyl/N-ethyl adjacent to an activating group) is 1. The molecule has 1 rings (SSSR count). The monoisotopic (exact) mass is 222 g/mol. The third-order valence-corrected chi connectivity index (χ3v) is 2.51. The number of methoxy groups -OCH3 is 1. The van der Waals surface area contributed by atoms with Crippen LogP contribution in [0.15, 0.2) is 18.2 Å². The summed E-state index contributed by atoms with van der Waals surface area (Å²) in [5.74, 6) is 0. The molecular weight excluding hydrogens is 204 g/mol. The van der Waals surface area contributed by atoms with Crippen LogP contribution in [0, 0.1) is 0 Å². The van der Waals surface area contributed by atoms with Gasteiger partial charge in [-0.15, -0.1) is 0 Å². The molecule has 4 nitrogen and oxygen atoms in total. The predicted octanol–water partition coefficient (Wildman–Crippen LogP) is 1.55. The van der Waals surface area contributed by atoms with Crippen molar-refractivity contribution in [2.24, 2.45) is 0 Å². The van der Waals surface area contributed by atoms with Gasteiger partial charge >= 0.3 is 0 Å². The van der Waals surface area contributed by atoms with Crippen LogP contribution in [0.3, 0.4) is 0 Å². The molecule has 0 aliphatic rings. The molecule has 0 spiro atoms. The highest BCUT2D eigenvalue weighted by atomic mass is 16.5. The molecule has 1 aromatic rings. The van der Waals surface area contributed by atoms with Crippen molar-refractivity contribution in [3.63, 3.8) is 0 Å². The minimum atomic E-state index is 0.515. The maximum absolute atomic E-state index is 10.8. The van der Waals surface area contributed by atoms with Crippen molar-refractivity contribution in [2.45, 2.75) is 6.92 Å². The van der Waals surface area contributed by atoms with Crippen LogP contribution in [0.2, 0.25) is 0 Å². The number of hydrogen-bond acceptors (Lipinski definition) is 4. The molecule has 0 unspecified atom stereocenters. The Morgan fingerprint density at radius 2 is 2.25 bits per heavy atom. The number of nitrogens with zero attached hydrogens (tertiary/aromatic N) is 1. The molecule has 0 saturated heterocycles. The first-order valence-corrected chi connectivity index (χ1v) is 5.31. The molecule has 0 fully saturated rings. The number of aldehydes is 1. The Bertz CT molecular complexity index is 353. The van der Waals surface area contributed by atoms with E-state index < -0.39 is 0 Å². The molecule has 4 heteroatoms. The van der Waals surface area contributed by atoms with Crippen LogP contribution in [0.5, 0.6) is 0 Å². The number of nitrogen functional groups attached to an aromatic ring is 1. The summed E-state index contributed by atoms with van der Waals surface area (Å²) < 4.78 is 5.04. The fourth-order valence-electron chi connectivity index (χ4n) is 1.53. The van der Waals surface area contributed by atoms with Crippen molar-refractivity contribution in [2.75, 3.05) is 37.4 Å². The topological polar surface area (TPSA) is 55.6 Å². The Morgan fingerprint density at radius 3 is 2.81 bits per heavy atom. The number of benzene rings is 1. The summed E-state index contributed by atoms with van der Waals surface area (Å²) in [6, 6.07) is 5.48. The first-order valence-electron chi connectivity index (χ1n) is 5.31. The van der Waals surface area contributed by atoms with Gasteiger partial charge in [-0.2, -0.15) is 0 Å². The van der Waals surface area contributed by atoms with Gasteiger partial charge in [0, 0.05) is 37.1 Å². The van der Waals surface area contributed by atoms with Crippen molar-refractivity contribution < 1.29 is 9.53 Å². The van der Waals surface area contributed by atoms with Gasteiger partial charge in [-0.05, 0) is 25.1 Å². The Kier molecular flexibility index (Phi) is 4.79. The van der Waals surface area contributed by atoms with Gasteiger partial charge in [0.25, 0.3) is 0 Å². The first-order chi connectivity index (χ1) is 7.72. The Balaban J connectivity index is 2.87. The molecule has 0 aromatic heterocycles. The zero-order valence-electron chi connectivity index (χ0n) is 9.77. The average molecular weight is 222 g/mol. The fourth-order valence-corrected chi connectivity index (χ4v) is 1.53. The van der Waals surface area contributed by atoms with Gasteiger partial charge in [0.15, 0.2) is 6.29 Å². The number of ether oxygens (including phenoxy) is 1. The number of carbonyl (C=O) groups is 1. The number of anilines is 2. The molecular formula is C12H18N2O2. The van der Waals surface area contributed by atoms with Gasteiger partial charge in [-0.3, -0.25) is 4.79 Å². The van der Waals surface area contributed by atoms with Crippen molar-refractivity contribution in [3.05, 3.63) is 23.8 Å². The molecule has 0 atom stereocenters. The van der Waals surface area contributed by atoms with Crippen molar-refractivity contribution in [1.82, 2.24) is 0 Å². The SMILES string of the molecule is CCN(CCOC)c1ccc(N)c(C=O)c1. The molecule has 0 radical (unpaired) electrons. The summed E-state index contributed by atoms with van der Waals surface area (Å²) in [5, 5.41) is 0. The Hall–Kier alpha value is -1.55. The third kappa shape index (κ3) is 2.97. The lowest BCUT2D eigenvalue weighted by atomic mass is 10.1. The van der Waals surface area contributed by atoms with E-state index in [2.05, 4.69) is 11.8 Å². The minimum Gasteiger partial charge on any atom is -0.398 e. The molecule has 0 heterocycles. The lowest BCUT2D eigenvalue weighted by Gasteiger charge is -2.23. The lowest BCUT2D eigenvalue weighted by Crippen LogP contribution is -2.26. The number of rotatable bonds is 6. The summed E-state index contributed by atoms with van der Waals surface area (Å²) in [6.07, 6.45) is 0.781. The summed E-state index contributed by atoms with van der Waals surface area (Å²) in [4.78, 5) is 12.9. The van der Waals surface area contributed by atoms with Gasteiger partial charge in [-0.1, -0.05) is 0 Å².